The van der Waals surface area contributed by atoms with Crippen molar-refractivity contribution in [2.75, 3.05) is 0 Å². The summed E-state index contributed by atoms with van der Waals surface area (Å²) in [4.78, 5) is 16.5. The molecule has 0 aliphatic rings. The molecule has 2 aromatic rings. The van der Waals surface area contributed by atoms with Gasteiger partial charge in [0.1, 0.15) is 5.60 Å². The van der Waals surface area contributed by atoms with Gasteiger partial charge in [0.25, 0.3) is 6.43 Å². The van der Waals surface area contributed by atoms with Gasteiger partial charge in [-0.1, -0.05) is 0 Å². The van der Waals surface area contributed by atoms with E-state index in [4.69, 9.17) is 0 Å². The Balaban J connectivity index is 2.19. The molecule has 2 aromatic heterocycles. The monoisotopic (exact) mass is 406 g/mol. The van der Waals surface area contributed by atoms with Crippen molar-refractivity contribution in [1.29, 1.82) is 0 Å². The zero-order valence-electron chi connectivity index (χ0n) is 14.2. The van der Waals surface area contributed by atoms with Gasteiger partial charge < -0.3 is 9.63 Å². The second-order valence-corrected chi connectivity index (χ2v) is 9.05. The van der Waals surface area contributed by atoms with Crippen LogP contribution in [-0.2, 0) is 15.7 Å². The van der Waals surface area contributed by atoms with Crippen LogP contribution in [0.2, 0.25) is 0 Å². The zero-order valence-corrected chi connectivity index (χ0v) is 17.0. The molecule has 3 atom stereocenters. The molecule has 0 bridgehead atoms. The molecular formula is C17H21F2O3PS2. The predicted molar refractivity (Wildman–Crippen MR) is 101 cm³/mol. The van der Waals surface area contributed by atoms with Gasteiger partial charge in [-0.3, -0.25) is 4.79 Å². The van der Waals surface area contributed by atoms with E-state index in [9.17, 15) is 18.7 Å². The quantitative estimate of drug-likeness (QED) is 0.653. The van der Waals surface area contributed by atoms with Crippen LogP contribution in [-0.4, -0.2) is 23.1 Å². The van der Waals surface area contributed by atoms with Crippen molar-refractivity contribution in [3.8, 4) is 9.75 Å². The summed E-state index contributed by atoms with van der Waals surface area (Å²) in [5.74, 6) is -0.867. The molecule has 138 valence electrons. The third kappa shape index (κ3) is 4.11. The average molecular weight is 406 g/mol. The lowest BCUT2D eigenvalue weighted by atomic mass is 9.71. The van der Waals surface area contributed by atoms with E-state index in [2.05, 4.69) is 4.52 Å². The molecule has 0 spiro atoms. The first-order valence-corrected chi connectivity index (χ1v) is 9.79. The number of thiophene rings is 2. The first-order chi connectivity index (χ1) is 11.6. The lowest BCUT2D eigenvalue weighted by Gasteiger charge is -2.39. The summed E-state index contributed by atoms with van der Waals surface area (Å²) < 4.78 is 31.2. The Bertz CT molecular complexity index is 742. The van der Waals surface area contributed by atoms with E-state index in [-0.39, 0.29) is 6.42 Å². The summed E-state index contributed by atoms with van der Waals surface area (Å²) in [5.41, 5.74) is -4.20. The van der Waals surface area contributed by atoms with Crippen LogP contribution in [0.3, 0.4) is 0 Å². The fraction of sp³-hybridized carbons (Fsp3) is 0.471. The second-order valence-electron chi connectivity index (χ2n) is 6.36. The van der Waals surface area contributed by atoms with Crippen LogP contribution < -0.4 is 0 Å². The normalized spacial score (nSPS) is 16.5. The van der Waals surface area contributed by atoms with Gasteiger partial charge in [0, 0.05) is 19.5 Å². The third-order valence-corrected chi connectivity index (χ3v) is 7.17. The molecule has 3 nitrogen and oxygen atoms in total. The van der Waals surface area contributed by atoms with Crippen LogP contribution >= 0.6 is 32.1 Å². The molecule has 0 amide bonds. The number of hydrogen-bond donors (Lipinski definition) is 1. The molecule has 0 aliphatic heterocycles. The summed E-state index contributed by atoms with van der Waals surface area (Å²) in [7, 11) is 1.77. The van der Waals surface area contributed by atoms with Gasteiger partial charge in [0.05, 0.1) is 14.9 Å². The summed E-state index contributed by atoms with van der Waals surface area (Å²) >= 11 is 3.25. The topological polar surface area (TPSA) is 46.5 Å². The SMILES string of the molecule is Cc1ccc(-c2ccc(CCC(C)(C(=O)OP)C(C)(O)C(F)F)s2)s1. The van der Waals surface area contributed by atoms with Gasteiger partial charge in [-0.25, -0.2) is 8.78 Å². The lowest BCUT2D eigenvalue weighted by Crippen LogP contribution is -2.54. The number of rotatable bonds is 7. The maximum Gasteiger partial charge on any atom is 0.317 e. The number of carbonyl (C=O) groups excluding carboxylic acids is 1. The predicted octanol–water partition coefficient (Wildman–Crippen LogP) is 5.07. The Labute approximate surface area is 156 Å². The van der Waals surface area contributed by atoms with Crippen molar-refractivity contribution in [3.63, 3.8) is 0 Å². The number of aliphatic hydroxyl groups is 1. The number of aryl methyl sites for hydroxylation is 2. The Morgan fingerprint density at radius 3 is 2.36 bits per heavy atom. The van der Waals surface area contributed by atoms with Crippen LogP contribution in [0.4, 0.5) is 8.78 Å². The van der Waals surface area contributed by atoms with Crippen molar-refractivity contribution in [2.45, 2.75) is 45.6 Å². The molecule has 25 heavy (non-hydrogen) atoms. The molecule has 0 saturated carbocycles. The largest absolute Gasteiger partial charge is 0.451 e. The first kappa shape index (κ1) is 20.4. The minimum atomic E-state index is -3.06. The molecule has 1 N–H and O–H groups in total. The van der Waals surface area contributed by atoms with E-state index in [1.807, 2.05) is 31.2 Å². The highest BCUT2D eigenvalue weighted by Crippen LogP contribution is 2.42. The summed E-state index contributed by atoms with van der Waals surface area (Å²) in [6.07, 6.45) is -2.61. The standard InChI is InChI=1S/C17H21F2O3PS2/c1-10-4-6-12(24-10)13-7-5-11(25-13)8-9-16(2,15(20)22-23)17(3,21)14(18)19/h4-7,14,21H,8-9,23H2,1-3H3. The molecule has 0 radical (unpaired) electrons. The minimum Gasteiger partial charge on any atom is -0.451 e. The van der Waals surface area contributed by atoms with Crippen molar-refractivity contribution in [1.82, 2.24) is 0 Å². The Hall–Kier alpha value is -0.880. The van der Waals surface area contributed by atoms with E-state index in [1.54, 1.807) is 32.1 Å². The van der Waals surface area contributed by atoms with Gasteiger partial charge in [-0.15, -0.1) is 22.7 Å². The Morgan fingerprint density at radius 2 is 1.84 bits per heavy atom. The number of carbonyl (C=O) groups is 1. The lowest BCUT2D eigenvalue weighted by molar-refractivity contribution is -0.187. The van der Waals surface area contributed by atoms with E-state index in [1.165, 1.54) is 11.8 Å². The molecule has 2 rings (SSSR count). The molecule has 0 fully saturated rings. The highest BCUT2D eigenvalue weighted by molar-refractivity contribution is 7.22. The number of alkyl halides is 2. The van der Waals surface area contributed by atoms with Crippen LogP contribution in [0.25, 0.3) is 9.75 Å². The smallest absolute Gasteiger partial charge is 0.317 e. The van der Waals surface area contributed by atoms with Crippen molar-refractivity contribution < 1.29 is 23.2 Å². The van der Waals surface area contributed by atoms with Crippen molar-refractivity contribution in [2.24, 2.45) is 5.41 Å². The maximum atomic E-state index is 13.3. The average Bonchev–Trinajstić information content (AvgIpc) is 3.20. The Kier molecular flexibility index (Phi) is 6.36. The van der Waals surface area contributed by atoms with E-state index in [0.29, 0.717) is 6.42 Å². The van der Waals surface area contributed by atoms with Crippen LogP contribution in [0.1, 0.15) is 30.0 Å². The van der Waals surface area contributed by atoms with E-state index < -0.39 is 23.4 Å². The molecular weight excluding hydrogens is 385 g/mol. The van der Waals surface area contributed by atoms with Gasteiger partial charge in [-0.05, 0) is 57.9 Å². The summed E-state index contributed by atoms with van der Waals surface area (Å²) in [6.45, 7) is 4.34. The van der Waals surface area contributed by atoms with Gasteiger partial charge in [-0.2, -0.15) is 0 Å². The van der Waals surface area contributed by atoms with E-state index in [0.717, 1.165) is 21.6 Å². The van der Waals surface area contributed by atoms with Crippen molar-refractivity contribution in [3.05, 3.63) is 34.0 Å². The summed E-state index contributed by atoms with van der Waals surface area (Å²) in [6, 6.07) is 8.01. The van der Waals surface area contributed by atoms with Crippen LogP contribution in [0.5, 0.6) is 0 Å². The minimum absolute atomic E-state index is 0.0565. The molecule has 0 saturated heterocycles. The first-order valence-electron chi connectivity index (χ1n) is 7.69. The number of halogens is 2. The zero-order chi connectivity index (χ0) is 18.8. The second kappa shape index (κ2) is 7.78. The fourth-order valence-corrected chi connectivity index (χ4v) is 4.74. The van der Waals surface area contributed by atoms with Gasteiger partial charge in [0.15, 0.2) is 0 Å². The van der Waals surface area contributed by atoms with Gasteiger partial charge in [0.2, 0.25) is 0 Å². The third-order valence-electron chi connectivity index (χ3n) is 4.62. The Morgan fingerprint density at radius 1 is 1.24 bits per heavy atom. The molecule has 8 heteroatoms. The van der Waals surface area contributed by atoms with Crippen LogP contribution in [0, 0.1) is 12.3 Å². The van der Waals surface area contributed by atoms with Crippen LogP contribution in [0.15, 0.2) is 24.3 Å². The molecule has 3 unspecified atom stereocenters. The molecule has 0 aromatic carbocycles. The summed E-state index contributed by atoms with van der Waals surface area (Å²) in [5, 5.41) is 10.2. The molecule has 2 heterocycles. The van der Waals surface area contributed by atoms with Crippen molar-refractivity contribution >= 4 is 38.1 Å². The maximum absolute atomic E-state index is 13.3. The van der Waals surface area contributed by atoms with E-state index >= 15 is 0 Å². The highest BCUT2D eigenvalue weighted by Gasteiger charge is 2.55. The molecule has 0 aliphatic carbocycles. The highest BCUT2D eigenvalue weighted by atomic mass is 32.1. The van der Waals surface area contributed by atoms with Gasteiger partial charge >= 0.3 is 5.97 Å². The number of hydrogen-bond acceptors (Lipinski definition) is 5. The fourth-order valence-electron chi connectivity index (χ4n) is 2.52.